The summed E-state index contributed by atoms with van der Waals surface area (Å²) < 4.78 is 0. The van der Waals surface area contributed by atoms with Gasteiger partial charge in [0.05, 0.1) is 0 Å². The first kappa shape index (κ1) is 12.0. The number of hydrogen-bond acceptors (Lipinski definition) is 2. The highest BCUT2D eigenvalue weighted by Gasteiger charge is 2.02. The van der Waals surface area contributed by atoms with Gasteiger partial charge in [0.25, 0.3) is 0 Å². The summed E-state index contributed by atoms with van der Waals surface area (Å²) in [4.78, 5) is 10.6. The van der Waals surface area contributed by atoms with Gasteiger partial charge in [-0.2, -0.15) is 0 Å². The molecule has 5 heteroatoms. The first-order chi connectivity index (χ1) is 7.50. The highest BCUT2D eigenvalue weighted by molar-refractivity contribution is 5.94. The van der Waals surface area contributed by atoms with Crippen molar-refractivity contribution in [2.75, 3.05) is 5.32 Å². The second-order valence-electron chi connectivity index (χ2n) is 3.56. The van der Waals surface area contributed by atoms with Crippen LogP contribution in [0.4, 0.5) is 5.69 Å². The van der Waals surface area contributed by atoms with Gasteiger partial charge in [-0.15, -0.1) is 5.10 Å². The molecule has 1 aromatic rings. The van der Waals surface area contributed by atoms with Crippen molar-refractivity contribution in [1.29, 1.82) is 0 Å². The molecule has 0 saturated heterocycles. The average Bonchev–Trinajstić information content (AvgIpc) is 2.21. The van der Waals surface area contributed by atoms with Crippen LogP contribution in [-0.2, 0) is 4.79 Å². The van der Waals surface area contributed by atoms with Crippen molar-refractivity contribution in [2.24, 2.45) is 10.8 Å². The Kier molecular flexibility index (Phi) is 3.88. The molecule has 5 nitrogen and oxygen atoms in total. The normalized spacial score (nSPS) is 11.1. The molecule has 0 heterocycles. The van der Waals surface area contributed by atoms with Gasteiger partial charge in [-0.3, -0.25) is 4.79 Å². The number of carbonyl (C=O) groups is 1. The van der Waals surface area contributed by atoms with Crippen LogP contribution < -0.4 is 16.5 Å². The summed E-state index contributed by atoms with van der Waals surface area (Å²) in [5, 5.41) is 6.63. The lowest BCUT2D eigenvalue weighted by Gasteiger charge is -2.11. The van der Waals surface area contributed by atoms with Crippen LogP contribution in [0.5, 0.6) is 0 Å². The molecule has 0 spiro atoms. The Balaban J connectivity index is 2.80. The predicted molar refractivity (Wildman–Crippen MR) is 65.0 cm³/mol. The summed E-state index contributed by atoms with van der Waals surface area (Å²) in [5.41, 5.74) is 10.9. The van der Waals surface area contributed by atoms with Crippen LogP contribution in [0.25, 0.3) is 0 Å². The SMILES string of the molecule is CC(=O)NN=C(N)Nc1c(C)cccc1C. The Morgan fingerprint density at radius 2 is 1.88 bits per heavy atom. The number of anilines is 1. The molecule has 0 unspecified atom stereocenters. The highest BCUT2D eigenvalue weighted by atomic mass is 16.2. The minimum atomic E-state index is -0.258. The van der Waals surface area contributed by atoms with E-state index in [1.807, 2.05) is 32.0 Å². The zero-order valence-electron chi connectivity index (χ0n) is 9.66. The summed E-state index contributed by atoms with van der Waals surface area (Å²) in [6, 6.07) is 5.92. The van der Waals surface area contributed by atoms with Gasteiger partial charge >= 0.3 is 0 Å². The molecule has 0 aliphatic rings. The molecule has 0 aliphatic carbocycles. The first-order valence-corrected chi connectivity index (χ1v) is 4.93. The van der Waals surface area contributed by atoms with E-state index in [0.717, 1.165) is 16.8 Å². The molecule has 0 saturated carbocycles. The number of guanidine groups is 1. The van der Waals surface area contributed by atoms with Crippen LogP contribution in [0, 0.1) is 13.8 Å². The zero-order valence-corrected chi connectivity index (χ0v) is 9.66. The van der Waals surface area contributed by atoms with E-state index in [1.54, 1.807) is 0 Å². The van der Waals surface area contributed by atoms with Crippen molar-refractivity contribution >= 4 is 17.6 Å². The standard InChI is InChI=1S/C11H16N4O/c1-7-5-4-6-8(2)10(7)13-11(12)15-14-9(3)16/h4-6H,1-3H3,(H,14,16)(H3,12,13,15). The fraction of sp³-hybridized carbons (Fsp3) is 0.273. The van der Waals surface area contributed by atoms with Crippen LogP contribution in [-0.4, -0.2) is 11.9 Å². The van der Waals surface area contributed by atoms with Crippen molar-refractivity contribution in [1.82, 2.24) is 5.43 Å². The van der Waals surface area contributed by atoms with Crippen molar-refractivity contribution in [2.45, 2.75) is 20.8 Å². The van der Waals surface area contributed by atoms with Crippen molar-refractivity contribution < 1.29 is 4.79 Å². The molecule has 1 rings (SSSR count). The van der Waals surface area contributed by atoms with Crippen LogP contribution >= 0.6 is 0 Å². The summed E-state index contributed by atoms with van der Waals surface area (Å²) in [6.45, 7) is 5.32. The third-order valence-electron chi connectivity index (χ3n) is 2.07. The smallest absolute Gasteiger partial charge is 0.237 e. The Morgan fingerprint density at radius 1 is 1.31 bits per heavy atom. The number of carbonyl (C=O) groups excluding carboxylic acids is 1. The van der Waals surface area contributed by atoms with Crippen molar-refractivity contribution in [3.8, 4) is 0 Å². The third-order valence-corrected chi connectivity index (χ3v) is 2.07. The minimum absolute atomic E-state index is 0.160. The van der Waals surface area contributed by atoms with Gasteiger partial charge < -0.3 is 11.1 Å². The van der Waals surface area contributed by atoms with Gasteiger partial charge in [-0.1, -0.05) is 18.2 Å². The Morgan fingerprint density at radius 3 is 2.38 bits per heavy atom. The van der Waals surface area contributed by atoms with Gasteiger partial charge in [0.1, 0.15) is 0 Å². The Labute approximate surface area is 94.7 Å². The predicted octanol–water partition coefficient (Wildman–Crippen LogP) is 1.08. The van der Waals surface area contributed by atoms with Crippen molar-refractivity contribution in [3.05, 3.63) is 29.3 Å². The second-order valence-corrected chi connectivity index (χ2v) is 3.56. The van der Waals surface area contributed by atoms with Gasteiger partial charge in [0, 0.05) is 12.6 Å². The molecule has 0 radical (unpaired) electrons. The lowest BCUT2D eigenvalue weighted by atomic mass is 10.1. The highest BCUT2D eigenvalue weighted by Crippen LogP contribution is 2.18. The zero-order chi connectivity index (χ0) is 12.1. The molecular formula is C11H16N4O. The molecule has 0 bridgehead atoms. The van der Waals surface area contributed by atoms with Crippen LogP contribution in [0.2, 0.25) is 0 Å². The molecule has 16 heavy (non-hydrogen) atoms. The average molecular weight is 220 g/mol. The molecule has 0 fully saturated rings. The van der Waals surface area contributed by atoms with Gasteiger partial charge in [0.2, 0.25) is 11.9 Å². The van der Waals surface area contributed by atoms with Gasteiger partial charge in [-0.05, 0) is 25.0 Å². The maximum absolute atomic E-state index is 10.6. The number of nitrogens with zero attached hydrogens (tertiary/aromatic N) is 1. The lowest BCUT2D eigenvalue weighted by molar-refractivity contribution is -0.118. The summed E-state index contributed by atoms with van der Waals surface area (Å²) >= 11 is 0. The largest absolute Gasteiger partial charge is 0.368 e. The lowest BCUT2D eigenvalue weighted by Crippen LogP contribution is -2.28. The molecule has 0 aliphatic heterocycles. The quantitative estimate of drug-likeness (QED) is 0.396. The summed E-state index contributed by atoms with van der Waals surface area (Å²) in [5.74, 6) is -0.0983. The molecule has 0 aromatic heterocycles. The molecular weight excluding hydrogens is 204 g/mol. The first-order valence-electron chi connectivity index (χ1n) is 4.93. The van der Waals surface area contributed by atoms with E-state index in [9.17, 15) is 4.79 Å². The Hall–Kier alpha value is -2.04. The summed E-state index contributed by atoms with van der Waals surface area (Å²) in [6.07, 6.45) is 0. The topological polar surface area (TPSA) is 79.5 Å². The maximum Gasteiger partial charge on any atom is 0.237 e. The van der Waals surface area contributed by atoms with Crippen LogP contribution in [0.3, 0.4) is 0 Å². The molecule has 86 valence electrons. The van der Waals surface area contributed by atoms with E-state index < -0.39 is 0 Å². The van der Waals surface area contributed by atoms with Gasteiger partial charge in [0.15, 0.2) is 0 Å². The van der Waals surface area contributed by atoms with Gasteiger partial charge in [-0.25, -0.2) is 5.43 Å². The number of nitrogens with one attached hydrogen (secondary N) is 2. The van der Waals surface area contributed by atoms with E-state index in [1.165, 1.54) is 6.92 Å². The monoisotopic (exact) mass is 220 g/mol. The molecule has 1 amide bonds. The Bertz CT molecular complexity index is 406. The molecule has 1 aromatic carbocycles. The fourth-order valence-corrected chi connectivity index (χ4v) is 1.31. The third kappa shape index (κ3) is 3.27. The van der Waals surface area contributed by atoms with E-state index in [2.05, 4.69) is 15.8 Å². The van der Waals surface area contributed by atoms with Crippen molar-refractivity contribution in [3.63, 3.8) is 0 Å². The number of benzene rings is 1. The number of aryl methyl sites for hydroxylation is 2. The maximum atomic E-state index is 10.6. The molecule has 0 atom stereocenters. The number of rotatable bonds is 2. The fourth-order valence-electron chi connectivity index (χ4n) is 1.31. The number of hydrogen-bond donors (Lipinski definition) is 3. The van der Waals surface area contributed by atoms with E-state index in [4.69, 9.17) is 5.73 Å². The van der Waals surface area contributed by atoms with E-state index in [0.29, 0.717) is 0 Å². The number of para-hydroxylation sites is 1. The molecule has 4 N–H and O–H groups in total. The van der Waals surface area contributed by atoms with Crippen LogP contribution in [0.1, 0.15) is 18.1 Å². The van der Waals surface area contributed by atoms with Crippen LogP contribution in [0.15, 0.2) is 23.3 Å². The van der Waals surface area contributed by atoms with E-state index in [-0.39, 0.29) is 11.9 Å². The number of nitrogens with two attached hydrogens (primary N) is 1. The minimum Gasteiger partial charge on any atom is -0.368 e. The number of hydrazone groups is 1. The second kappa shape index (κ2) is 5.16. The summed E-state index contributed by atoms with van der Waals surface area (Å²) in [7, 11) is 0. The van der Waals surface area contributed by atoms with E-state index >= 15 is 0 Å². The number of amides is 1.